The van der Waals surface area contributed by atoms with Crippen LogP contribution in [0, 0.1) is 0 Å². The zero-order valence-electron chi connectivity index (χ0n) is 13.2. The quantitative estimate of drug-likeness (QED) is 0.819. The molecule has 1 N–H and O–H groups in total. The molecule has 0 atom stereocenters. The Morgan fingerprint density at radius 3 is 2.26 bits per heavy atom. The number of amides is 1. The lowest BCUT2D eigenvalue weighted by atomic mass is 10.1. The number of para-hydroxylation sites is 2. The van der Waals surface area contributed by atoms with Crippen molar-refractivity contribution < 1.29 is 19.0 Å². The van der Waals surface area contributed by atoms with Crippen LogP contribution in [0.25, 0.3) is 0 Å². The molecule has 0 fully saturated rings. The van der Waals surface area contributed by atoms with E-state index >= 15 is 0 Å². The number of methoxy groups -OCH3 is 2. The van der Waals surface area contributed by atoms with Crippen molar-refractivity contribution in [3.8, 4) is 17.2 Å². The lowest BCUT2D eigenvalue weighted by Crippen LogP contribution is -2.13. The molecule has 0 heterocycles. The fourth-order valence-corrected chi connectivity index (χ4v) is 2.60. The molecule has 0 unspecified atom stereocenters. The van der Waals surface area contributed by atoms with Crippen LogP contribution >= 0.6 is 15.9 Å². The first-order valence-corrected chi connectivity index (χ1v) is 7.84. The first-order chi connectivity index (χ1) is 11.1. The number of anilines is 1. The Bertz CT molecular complexity index is 678. The van der Waals surface area contributed by atoms with Gasteiger partial charge >= 0.3 is 0 Å². The van der Waals surface area contributed by atoms with Gasteiger partial charge in [0.2, 0.25) is 0 Å². The van der Waals surface area contributed by atoms with Crippen molar-refractivity contribution in [2.75, 3.05) is 26.1 Å². The third-order valence-electron chi connectivity index (χ3n) is 3.14. The Morgan fingerprint density at radius 1 is 1.09 bits per heavy atom. The summed E-state index contributed by atoms with van der Waals surface area (Å²) in [6, 6.07) is 10.6. The van der Waals surface area contributed by atoms with Crippen LogP contribution in [0.1, 0.15) is 17.3 Å². The Morgan fingerprint density at radius 2 is 1.70 bits per heavy atom. The van der Waals surface area contributed by atoms with E-state index in [1.54, 1.807) is 18.2 Å². The largest absolute Gasteiger partial charge is 0.495 e. The van der Waals surface area contributed by atoms with Gasteiger partial charge in [-0.25, -0.2) is 0 Å². The van der Waals surface area contributed by atoms with E-state index in [4.69, 9.17) is 14.2 Å². The molecule has 0 spiro atoms. The van der Waals surface area contributed by atoms with Gasteiger partial charge in [-0.1, -0.05) is 12.1 Å². The average molecular weight is 380 g/mol. The second-order valence-electron chi connectivity index (χ2n) is 4.58. The Balaban J connectivity index is 2.31. The Labute approximate surface area is 143 Å². The number of nitrogens with one attached hydrogen (secondary N) is 1. The van der Waals surface area contributed by atoms with Crippen LogP contribution in [-0.4, -0.2) is 26.7 Å². The van der Waals surface area contributed by atoms with Crippen molar-refractivity contribution in [2.45, 2.75) is 6.92 Å². The number of halogens is 1. The molecule has 23 heavy (non-hydrogen) atoms. The summed E-state index contributed by atoms with van der Waals surface area (Å²) in [4.78, 5) is 12.5. The van der Waals surface area contributed by atoms with E-state index in [0.29, 0.717) is 39.6 Å². The minimum atomic E-state index is -0.277. The number of benzene rings is 2. The fourth-order valence-electron chi connectivity index (χ4n) is 2.05. The molecule has 6 heteroatoms. The minimum absolute atomic E-state index is 0.277. The molecular formula is C17H18BrNO4. The number of hydrogen-bond donors (Lipinski definition) is 1. The molecule has 0 saturated heterocycles. The summed E-state index contributed by atoms with van der Waals surface area (Å²) in [7, 11) is 3.07. The summed E-state index contributed by atoms with van der Waals surface area (Å²) < 4.78 is 16.7. The number of hydrogen-bond acceptors (Lipinski definition) is 4. The highest BCUT2D eigenvalue weighted by Crippen LogP contribution is 2.36. The predicted molar refractivity (Wildman–Crippen MR) is 92.8 cm³/mol. The number of ether oxygens (including phenoxy) is 3. The maximum atomic E-state index is 12.5. The zero-order valence-corrected chi connectivity index (χ0v) is 14.8. The monoisotopic (exact) mass is 379 g/mol. The molecule has 0 aliphatic rings. The molecule has 0 aliphatic heterocycles. The molecule has 2 aromatic carbocycles. The Hall–Kier alpha value is -2.21. The van der Waals surface area contributed by atoms with Gasteiger partial charge in [-0.15, -0.1) is 0 Å². The van der Waals surface area contributed by atoms with Gasteiger partial charge in [0.15, 0.2) is 0 Å². The van der Waals surface area contributed by atoms with Gasteiger partial charge in [0, 0.05) is 5.56 Å². The fraction of sp³-hybridized carbons (Fsp3) is 0.235. The smallest absolute Gasteiger partial charge is 0.256 e. The predicted octanol–water partition coefficient (Wildman–Crippen LogP) is 4.12. The molecule has 1 amide bonds. The summed E-state index contributed by atoms with van der Waals surface area (Å²) in [6.45, 7) is 2.41. The number of carbonyl (C=O) groups excluding carboxylic acids is 1. The maximum Gasteiger partial charge on any atom is 0.256 e. The lowest BCUT2D eigenvalue weighted by molar-refractivity contribution is 0.102. The molecule has 0 aromatic heterocycles. The first-order valence-electron chi connectivity index (χ1n) is 7.05. The second-order valence-corrected chi connectivity index (χ2v) is 5.37. The molecular weight excluding hydrogens is 362 g/mol. The van der Waals surface area contributed by atoms with E-state index in [2.05, 4.69) is 21.2 Å². The van der Waals surface area contributed by atoms with E-state index in [0.717, 1.165) is 0 Å². The third-order valence-corrected chi connectivity index (χ3v) is 3.92. The van der Waals surface area contributed by atoms with Crippen LogP contribution in [-0.2, 0) is 0 Å². The van der Waals surface area contributed by atoms with Crippen molar-refractivity contribution >= 4 is 27.5 Å². The molecule has 5 nitrogen and oxygen atoms in total. The second kappa shape index (κ2) is 7.87. The summed E-state index contributed by atoms with van der Waals surface area (Å²) in [6.07, 6.45) is 0. The number of carbonyl (C=O) groups is 1. The van der Waals surface area contributed by atoms with Gasteiger partial charge < -0.3 is 19.5 Å². The Kier molecular flexibility index (Phi) is 5.87. The van der Waals surface area contributed by atoms with Gasteiger partial charge in [0.1, 0.15) is 21.7 Å². The molecule has 2 rings (SSSR count). The van der Waals surface area contributed by atoms with Crippen molar-refractivity contribution in [1.82, 2.24) is 0 Å². The van der Waals surface area contributed by atoms with Gasteiger partial charge in [-0.05, 0) is 47.1 Å². The molecule has 0 bridgehead atoms. The minimum Gasteiger partial charge on any atom is -0.495 e. The van der Waals surface area contributed by atoms with Gasteiger partial charge in [-0.3, -0.25) is 4.79 Å². The first kappa shape index (κ1) is 17.1. The van der Waals surface area contributed by atoms with E-state index in [1.165, 1.54) is 14.2 Å². The normalized spacial score (nSPS) is 10.1. The zero-order chi connectivity index (χ0) is 16.8. The highest BCUT2D eigenvalue weighted by molar-refractivity contribution is 9.10. The summed E-state index contributed by atoms with van der Waals surface area (Å²) in [5.41, 5.74) is 1.04. The molecule has 0 radical (unpaired) electrons. The maximum absolute atomic E-state index is 12.5. The molecule has 0 saturated carbocycles. The van der Waals surface area contributed by atoms with Gasteiger partial charge in [0.05, 0.1) is 26.5 Å². The van der Waals surface area contributed by atoms with E-state index < -0.39 is 0 Å². The van der Waals surface area contributed by atoms with Gasteiger partial charge in [0.25, 0.3) is 5.91 Å². The lowest BCUT2D eigenvalue weighted by Gasteiger charge is -2.13. The number of rotatable bonds is 6. The summed E-state index contributed by atoms with van der Waals surface area (Å²) in [5, 5.41) is 2.84. The van der Waals surface area contributed by atoms with Crippen LogP contribution in [0.2, 0.25) is 0 Å². The SMILES string of the molecule is CCOc1ccccc1NC(=O)c1cc(OC)c(Br)c(OC)c1. The highest BCUT2D eigenvalue weighted by Gasteiger charge is 2.16. The highest BCUT2D eigenvalue weighted by atomic mass is 79.9. The molecule has 122 valence electrons. The third kappa shape index (κ3) is 3.96. The molecule has 2 aromatic rings. The summed E-state index contributed by atoms with van der Waals surface area (Å²) >= 11 is 3.38. The van der Waals surface area contributed by atoms with Crippen molar-refractivity contribution in [1.29, 1.82) is 0 Å². The van der Waals surface area contributed by atoms with Crippen molar-refractivity contribution in [3.63, 3.8) is 0 Å². The van der Waals surface area contributed by atoms with E-state index in [1.807, 2.05) is 25.1 Å². The average Bonchev–Trinajstić information content (AvgIpc) is 2.57. The molecule has 0 aliphatic carbocycles. The van der Waals surface area contributed by atoms with Crippen molar-refractivity contribution in [3.05, 3.63) is 46.4 Å². The van der Waals surface area contributed by atoms with E-state index in [9.17, 15) is 4.79 Å². The van der Waals surface area contributed by atoms with Crippen LogP contribution in [0.5, 0.6) is 17.2 Å². The van der Waals surface area contributed by atoms with Crippen LogP contribution in [0.15, 0.2) is 40.9 Å². The van der Waals surface area contributed by atoms with Crippen molar-refractivity contribution in [2.24, 2.45) is 0 Å². The van der Waals surface area contributed by atoms with Crippen LogP contribution < -0.4 is 19.5 Å². The van der Waals surface area contributed by atoms with Crippen LogP contribution in [0.3, 0.4) is 0 Å². The van der Waals surface area contributed by atoms with E-state index in [-0.39, 0.29) is 5.91 Å². The topological polar surface area (TPSA) is 56.8 Å². The standard InChI is InChI=1S/C17H18BrNO4/c1-4-23-13-8-6-5-7-12(13)19-17(20)11-9-14(21-2)16(18)15(10-11)22-3/h5-10H,4H2,1-3H3,(H,19,20). The summed E-state index contributed by atoms with van der Waals surface area (Å²) in [5.74, 6) is 1.39. The van der Waals surface area contributed by atoms with Gasteiger partial charge in [-0.2, -0.15) is 0 Å². The van der Waals surface area contributed by atoms with Crippen LogP contribution in [0.4, 0.5) is 5.69 Å².